The van der Waals surface area contributed by atoms with Crippen LogP contribution in [0.25, 0.3) is 0 Å². The predicted octanol–water partition coefficient (Wildman–Crippen LogP) is 0.830. The molecule has 23 heavy (non-hydrogen) atoms. The number of nitrogens with one attached hydrogen (secondary N) is 2. The van der Waals surface area contributed by atoms with Crippen molar-refractivity contribution < 1.29 is 19.8 Å². The molecule has 0 radical (unpaired) electrons. The molecule has 1 aromatic rings. The lowest BCUT2D eigenvalue weighted by Gasteiger charge is -2.31. The number of rotatable bonds is 4. The van der Waals surface area contributed by atoms with E-state index in [2.05, 4.69) is 15.6 Å². The average molecular weight is 337 g/mol. The fraction of sp³-hybridized carbons (Fsp3) is 0.533. The standard InChI is InChI=1S/C15H19N3O4S/c19-11-5-8(15(21)22)1-3-10(11)16-6-9-2-4-12-14(17-9)18-13(20)7-23-12/h2,4,8,10-11,16,19H,1,3,5-7H2,(H,21,22)(H,17,18,20)/t8-,10-,11+/m1/s1. The maximum atomic E-state index is 11.4. The number of carbonyl (C=O) groups excluding carboxylic acids is 1. The second kappa shape index (κ2) is 6.86. The molecule has 2 heterocycles. The van der Waals surface area contributed by atoms with Crippen LogP contribution >= 0.6 is 11.8 Å². The Labute approximate surface area is 137 Å². The monoisotopic (exact) mass is 337 g/mol. The highest BCUT2D eigenvalue weighted by molar-refractivity contribution is 8.00. The topological polar surface area (TPSA) is 112 Å². The number of carboxylic acids is 1. The van der Waals surface area contributed by atoms with Gasteiger partial charge in [0.1, 0.15) is 5.82 Å². The molecule has 0 unspecified atom stereocenters. The Balaban J connectivity index is 1.58. The van der Waals surface area contributed by atoms with Crippen LogP contribution in [0.3, 0.4) is 0 Å². The van der Waals surface area contributed by atoms with Gasteiger partial charge in [-0.1, -0.05) is 0 Å². The highest BCUT2D eigenvalue weighted by atomic mass is 32.2. The Morgan fingerprint density at radius 3 is 3.00 bits per heavy atom. The van der Waals surface area contributed by atoms with E-state index in [1.165, 1.54) is 11.8 Å². The van der Waals surface area contributed by atoms with Crippen molar-refractivity contribution in [2.75, 3.05) is 11.1 Å². The number of aromatic nitrogens is 1. The first-order valence-electron chi connectivity index (χ1n) is 7.60. The summed E-state index contributed by atoms with van der Waals surface area (Å²) >= 11 is 1.46. The minimum absolute atomic E-state index is 0.0532. The Hall–Kier alpha value is -1.64. The van der Waals surface area contributed by atoms with Gasteiger partial charge < -0.3 is 20.8 Å². The third-order valence-corrected chi connectivity index (χ3v) is 5.29. The molecular formula is C15H19N3O4S. The number of aliphatic hydroxyl groups excluding tert-OH is 1. The molecule has 0 aromatic carbocycles. The Morgan fingerprint density at radius 1 is 1.43 bits per heavy atom. The molecule has 1 aromatic heterocycles. The SMILES string of the molecule is O=C1CSc2ccc(CN[C@@H]3CC[C@@H](C(=O)O)C[C@@H]3O)nc2N1. The van der Waals surface area contributed by atoms with Gasteiger partial charge >= 0.3 is 5.97 Å². The van der Waals surface area contributed by atoms with Crippen LogP contribution in [0.5, 0.6) is 0 Å². The molecule has 4 N–H and O–H groups in total. The minimum Gasteiger partial charge on any atom is -0.481 e. The van der Waals surface area contributed by atoms with E-state index in [-0.39, 0.29) is 18.4 Å². The minimum atomic E-state index is -0.841. The molecule has 0 saturated heterocycles. The highest BCUT2D eigenvalue weighted by Crippen LogP contribution is 2.30. The summed E-state index contributed by atoms with van der Waals surface area (Å²) in [6.45, 7) is 0.466. The van der Waals surface area contributed by atoms with Crippen molar-refractivity contribution >= 4 is 29.5 Å². The van der Waals surface area contributed by atoms with Crippen molar-refractivity contribution in [1.82, 2.24) is 10.3 Å². The van der Waals surface area contributed by atoms with Gasteiger partial charge in [-0.2, -0.15) is 0 Å². The summed E-state index contributed by atoms with van der Waals surface area (Å²) in [6, 6.07) is 3.69. The third-order valence-electron chi connectivity index (χ3n) is 4.24. The lowest BCUT2D eigenvalue weighted by molar-refractivity contribution is -0.144. The van der Waals surface area contributed by atoms with Crippen LogP contribution in [0.15, 0.2) is 17.0 Å². The highest BCUT2D eigenvalue weighted by Gasteiger charge is 2.32. The molecule has 1 saturated carbocycles. The van der Waals surface area contributed by atoms with Crippen LogP contribution in [-0.4, -0.2) is 45.0 Å². The smallest absolute Gasteiger partial charge is 0.306 e. The summed E-state index contributed by atoms with van der Waals surface area (Å²) in [6.07, 6.45) is 0.791. The van der Waals surface area contributed by atoms with Gasteiger partial charge in [0, 0.05) is 12.6 Å². The Morgan fingerprint density at radius 2 is 2.26 bits per heavy atom. The largest absolute Gasteiger partial charge is 0.481 e. The van der Waals surface area contributed by atoms with Crippen LogP contribution in [-0.2, 0) is 16.1 Å². The van der Waals surface area contributed by atoms with Gasteiger partial charge in [-0.3, -0.25) is 9.59 Å². The second-order valence-corrected chi connectivity index (χ2v) is 6.91. The molecule has 7 nitrogen and oxygen atoms in total. The van der Waals surface area contributed by atoms with Gasteiger partial charge in [0.25, 0.3) is 0 Å². The molecule has 8 heteroatoms. The summed E-state index contributed by atoms with van der Waals surface area (Å²) in [5.41, 5.74) is 0.777. The maximum absolute atomic E-state index is 11.4. The van der Waals surface area contributed by atoms with Crippen LogP contribution in [0, 0.1) is 5.92 Å². The van der Waals surface area contributed by atoms with Gasteiger partial charge in [-0.25, -0.2) is 4.98 Å². The van der Waals surface area contributed by atoms with Crippen LogP contribution in [0.2, 0.25) is 0 Å². The number of anilines is 1. The zero-order valence-corrected chi connectivity index (χ0v) is 13.3. The fourth-order valence-corrected chi connectivity index (χ4v) is 3.70. The summed E-state index contributed by atoms with van der Waals surface area (Å²) in [4.78, 5) is 27.8. The zero-order chi connectivity index (χ0) is 16.4. The molecule has 1 fully saturated rings. The van der Waals surface area contributed by atoms with Crippen molar-refractivity contribution in [2.24, 2.45) is 5.92 Å². The predicted molar refractivity (Wildman–Crippen MR) is 85.2 cm³/mol. The molecule has 0 bridgehead atoms. The third kappa shape index (κ3) is 3.82. The Bertz CT molecular complexity index is 625. The normalized spacial score (nSPS) is 27.2. The molecule has 2 aliphatic rings. The first kappa shape index (κ1) is 16.2. The zero-order valence-electron chi connectivity index (χ0n) is 12.5. The van der Waals surface area contributed by atoms with Crippen LogP contribution in [0.1, 0.15) is 25.0 Å². The molecule has 1 amide bonds. The number of pyridine rings is 1. The summed E-state index contributed by atoms with van der Waals surface area (Å²) in [7, 11) is 0. The molecule has 0 spiro atoms. The molecule has 1 aliphatic carbocycles. The van der Waals surface area contributed by atoms with Crippen LogP contribution in [0.4, 0.5) is 5.82 Å². The number of carbonyl (C=O) groups is 2. The summed E-state index contributed by atoms with van der Waals surface area (Å²) in [5.74, 6) is -0.363. The van der Waals surface area contributed by atoms with Crippen molar-refractivity contribution in [3.8, 4) is 0 Å². The number of amides is 1. The number of carboxylic acid groups (broad SMARTS) is 1. The summed E-state index contributed by atoms with van der Waals surface area (Å²) in [5, 5.41) is 25.1. The molecule has 3 rings (SSSR count). The van der Waals surface area contributed by atoms with Crippen molar-refractivity contribution in [3.63, 3.8) is 0 Å². The van der Waals surface area contributed by atoms with E-state index in [9.17, 15) is 14.7 Å². The fourth-order valence-electron chi connectivity index (χ4n) is 2.95. The van der Waals surface area contributed by atoms with E-state index < -0.39 is 18.0 Å². The molecule has 1 aliphatic heterocycles. The van der Waals surface area contributed by atoms with E-state index >= 15 is 0 Å². The van der Waals surface area contributed by atoms with Crippen molar-refractivity contribution in [2.45, 2.75) is 42.8 Å². The van der Waals surface area contributed by atoms with Crippen LogP contribution < -0.4 is 10.6 Å². The average Bonchev–Trinajstić information content (AvgIpc) is 2.53. The van der Waals surface area contributed by atoms with Gasteiger partial charge in [0.05, 0.1) is 28.4 Å². The quantitative estimate of drug-likeness (QED) is 0.644. The number of fused-ring (bicyclic) bond motifs is 1. The van der Waals surface area contributed by atoms with Gasteiger partial charge in [-0.05, 0) is 31.4 Å². The molecule has 124 valence electrons. The number of hydrogen-bond acceptors (Lipinski definition) is 6. The van der Waals surface area contributed by atoms with E-state index in [0.717, 1.165) is 10.6 Å². The number of thioether (sulfide) groups is 1. The number of aliphatic hydroxyl groups is 1. The molecule has 3 atom stereocenters. The van der Waals surface area contributed by atoms with E-state index in [1.807, 2.05) is 12.1 Å². The lowest BCUT2D eigenvalue weighted by atomic mass is 9.84. The van der Waals surface area contributed by atoms with Gasteiger partial charge in [0.2, 0.25) is 5.91 Å². The second-order valence-electron chi connectivity index (χ2n) is 5.89. The molecular weight excluding hydrogens is 318 g/mol. The van der Waals surface area contributed by atoms with Gasteiger partial charge in [0.15, 0.2) is 0 Å². The number of aliphatic carboxylic acids is 1. The van der Waals surface area contributed by atoms with E-state index in [4.69, 9.17) is 5.11 Å². The van der Waals surface area contributed by atoms with E-state index in [0.29, 0.717) is 31.0 Å². The lowest BCUT2D eigenvalue weighted by Crippen LogP contribution is -2.45. The number of hydrogen-bond donors (Lipinski definition) is 4. The Kier molecular flexibility index (Phi) is 4.84. The number of nitrogens with zero attached hydrogens (tertiary/aromatic N) is 1. The van der Waals surface area contributed by atoms with E-state index in [1.54, 1.807) is 0 Å². The summed E-state index contributed by atoms with van der Waals surface area (Å²) < 4.78 is 0. The first-order chi connectivity index (χ1) is 11.0. The van der Waals surface area contributed by atoms with Gasteiger partial charge in [-0.15, -0.1) is 11.8 Å². The maximum Gasteiger partial charge on any atom is 0.306 e. The first-order valence-corrected chi connectivity index (χ1v) is 8.58. The van der Waals surface area contributed by atoms with Crippen molar-refractivity contribution in [1.29, 1.82) is 0 Å². The van der Waals surface area contributed by atoms with Crippen molar-refractivity contribution in [3.05, 3.63) is 17.8 Å².